The lowest BCUT2D eigenvalue weighted by atomic mass is 10.0. The van der Waals surface area contributed by atoms with Gasteiger partial charge in [0.05, 0.1) is 11.4 Å². The van der Waals surface area contributed by atoms with E-state index in [1.165, 1.54) is 0 Å². The zero-order valence-electron chi connectivity index (χ0n) is 11.4. The molecule has 0 radical (unpaired) electrons. The van der Waals surface area contributed by atoms with Crippen molar-refractivity contribution in [3.63, 3.8) is 0 Å². The molecule has 108 valence electrons. The first-order chi connectivity index (χ1) is 10.7. The normalized spacial score (nSPS) is 13.1. The summed E-state index contributed by atoms with van der Waals surface area (Å²) in [4.78, 5) is 4.70. The van der Waals surface area contributed by atoms with Crippen LogP contribution in [0.1, 0.15) is 17.0 Å². The van der Waals surface area contributed by atoms with Gasteiger partial charge in [-0.1, -0.05) is 41.4 Å². The molecule has 0 saturated carbocycles. The van der Waals surface area contributed by atoms with Crippen molar-refractivity contribution in [2.45, 2.75) is 6.54 Å². The summed E-state index contributed by atoms with van der Waals surface area (Å²) >= 11 is 12.5. The predicted molar refractivity (Wildman–Crippen MR) is 87.2 cm³/mol. The average Bonchev–Trinajstić information content (AvgIpc) is 2.92. The third kappa shape index (κ3) is 2.12. The van der Waals surface area contributed by atoms with Gasteiger partial charge in [-0.15, -0.1) is 10.2 Å². The minimum Gasteiger partial charge on any atom is -0.283 e. The first-order valence-electron chi connectivity index (χ1n) is 6.72. The van der Waals surface area contributed by atoms with Gasteiger partial charge in [-0.25, -0.2) is 0 Å². The minimum atomic E-state index is 0.437. The highest BCUT2D eigenvalue weighted by molar-refractivity contribution is 6.36. The number of nitrogens with zero attached hydrogens (tertiary/aromatic N) is 4. The van der Waals surface area contributed by atoms with E-state index >= 15 is 0 Å². The average molecular weight is 329 g/mol. The van der Waals surface area contributed by atoms with Crippen LogP contribution < -0.4 is 0 Å². The highest BCUT2D eigenvalue weighted by Gasteiger charge is 2.21. The summed E-state index contributed by atoms with van der Waals surface area (Å²) in [7, 11) is 0. The van der Waals surface area contributed by atoms with Gasteiger partial charge in [-0.05, 0) is 24.3 Å². The molecule has 0 spiro atoms. The lowest BCUT2D eigenvalue weighted by Crippen LogP contribution is -2.07. The van der Waals surface area contributed by atoms with Crippen LogP contribution in [0.3, 0.4) is 0 Å². The number of aliphatic imine (C=N–C) groups is 1. The fraction of sp³-hybridized carbons (Fsp3) is 0.0625. The predicted octanol–water partition coefficient (Wildman–Crippen LogP) is 3.93. The summed E-state index contributed by atoms with van der Waals surface area (Å²) in [5.74, 6) is 0.783. The Morgan fingerprint density at radius 3 is 2.73 bits per heavy atom. The van der Waals surface area contributed by atoms with E-state index in [4.69, 9.17) is 28.2 Å². The molecule has 0 amide bonds. The molecule has 0 fully saturated rings. The molecular weight excluding hydrogens is 319 g/mol. The minimum absolute atomic E-state index is 0.437. The number of hydrogen-bond acceptors (Lipinski definition) is 3. The van der Waals surface area contributed by atoms with Crippen LogP contribution in [0, 0.1) is 0 Å². The Morgan fingerprint density at radius 2 is 1.86 bits per heavy atom. The van der Waals surface area contributed by atoms with E-state index < -0.39 is 0 Å². The van der Waals surface area contributed by atoms with E-state index in [9.17, 15) is 0 Å². The number of hydrogen-bond donors (Lipinski definition) is 0. The topological polar surface area (TPSA) is 43.1 Å². The molecule has 2 heterocycles. The van der Waals surface area contributed by atoms with Crippen LogP contribution >= 0.6 is 23.2 Å². The number of aromatic nitrogens is 3. The van der Waals surface area contributed by atoms with Gasteiger partial charge >= 0.3 is 0 Å². The maximum absolute atomic E-state index is 6.35. The zero-order valence-corrected chi connectivity index (χ0v) is 12.9. The maximum atomic E-state index is 6.35. The molecule has 1 aliphatic heterocycles. The molecule has 1 aromatic heterocycles. The van der Waals surface area contributed by atoms with Gasteiger partial charge in [0.1, 0.15) is 12.9 Å². The molecule has 0 N–H and O–H groups in total. The van der Waals surface area contributed by atoms with Crippen molar-refractivity contribution >= 4 is 28.9 Å². The highest BCUT2D eigenvalue weighted by atomic mass is 35.5. The van der Waals surface area contributed by atoms with Gasteiger partial charge < -0.3 is 0 Å². The summed E-state index contributed by atoms with van der Waals surface area (Å²) in [6.45, 7) is 0.437. The van der Waals surface area contributed by atoms with Crippen molar-refractivity contribution in [2.24, 2.45) is 4.99 Å². The van der Waals surface area contributed by atoms with Crippen LogP contribution in [0.5, 0.6) is 0 Å². The summed E-state index contributed by atoms with van der Waals surface area (Å²) in [5, 5.41) is 9.40. The first-order valence-corrected chi connectivity index (χ1v) is 7.48. The summed E-state index contributed by atoms with van der Waals surface area (Å²) in [6.07, 6.45) is 1.69. The summed E-state index contributed by atoms with van der Waals surface area (Å²) < 4.78 is 1.93. The second-order valence-corrected chi connectivity index (χ2v) is 5.77. The maximum Gasteiger partial charge on any atom is 0.159 e. The van der Waals surface area contributed by atoms with Crippen molar-refractivity contribution < 1.29 is 0 Å². The molecule has 0 atom stereocenters. The quantitative estimate of drug-likeness (QED) is 0.679. The van der Waals surface area contributed by atoms with Crippen molar-refractivity contribution in [1.82, 2.24) is 14.8 Å². The third-order valence-electron chi connectivity index (χ3n) is 3.60. The number of rotatable bonds is 1. The van der Waals surface area contributed by atoms with E-state index in [1.54, 1.807) is 6.33 Å². The van der Waals surface area contributed by atoms with E-state index in [0.717, 1.165) is 28.4 Å². The van der Waals surface area contributed by atoms with Gasteiger partial charge in [0.15, 0.2) is 5.82 Å². The van der Waals surface area contributed by atoms with Crippen LogP contribution in [0.15, 0.2) is 53.8 Å². The standard InChI is InChI=1S/C16H10Cl2N4/c17-10-5-6-14-12(7-10)16(11-3-1-2-4-13(11)18)19-8-15-21-20-9-22(14)15/h1-7,9H,8H2. The van der Waals surface area contributed by atoms with Crippen LogP contribution in [0.25, 0.3) is 5.69 Å². The van der Waals surface area contributed by atoms with Crippen molar-refractivity contribution in [3.8, 4) is 5.69 Å². The second kappa shape index (κ2) is 5.23. The molecule has 2 aromatic carbocycles. The zero-order chi connectivity index (χ0) is 15.1. The summed E-state index contributed by atoms with van der Waals surface area (Å²) in [6, 6.07) is 13.3. The largest absolute Gasteiger partial charge is 0.283 e. The Balaban J connectivity index is 2.01. The van der Waals surface area contributed by atoms with Crippen LogP contribution in [-0.2, 0) is 6.54 Å². The molecule has 0 aliphatic carbocycles. The van der Waals surface area contributed by atoms with E-state index in [1.807, 2.05) is 47.0 Å². The number of fused-ring (bicyclic) bond motifs is 3. The first kappa shape index (κ1) is 13.5. The van der Waals surface area contributed by atoms with E-state index in [0.29, 0.717) is 16.6 Å². The smallest absolute Gasteiger partial charge is 0.159 e. The highest BCUT2D eigenvalue weighted by Crippen LogP contribution is 2.29. The fourth-order valence-corrected chi connectivity index (χ4v) is 2.99. The molecule has 6 heteroatoms. The molecule has 0 unspecified atom stereocenters. The van der Waals surface area contributed by atoms with Gasteiger partial charge in [-0.2, -0.15) is 0 Å². The van der Waals surface area contributed by atoms with Gasteiger partial charge in [0, 0.05) is 21.2 Å². The Bertz CT molecular complexity index is 899. The molecule has 4 rings (SSSR count). The van der Waals surface area contributed by atoms with Crippen LogP contribution in [-0.4, -0.2) is 20.5 Å². The number of benzene rings is 2. The molecule has 22 heavy (non-hydrogen) atoms. The van der Waals surface area contributed by atoms with Gasteiger partial charge in [0.2, 0.25) is 0 Å². The van der Waals surface area contributed by atoms with Crippen LogP contribution in [0.4, 0.5) is 0 Å². The van der Waals surface area contributed by atoms with Gasteiger partial charge in [0.25, 0.3) is 0 Å². The Hall–Kier alpha value is -2.17. The molecule has 0 saturated heterocycles. The fourth-order valence-electron chi connectivity index (χ4n) is 2.59. The molecule has 3 aromatic rings. The van der Waals surface area contributed by atoms with Crippen molar-refractivity contribution in [3.05, 3.63) is 75.8 Å². The Kier molecular flexibility index (Phi) is 3.21. The van der Waals surface area contributed by atoms with Gasteiger partial charge in [-0.3, -0.25) is 9.56 Å². The van der Waals surface area contributed by atoms with Crippen molar-refractivity contribution in [2.75, 3.05) is 0 Å². The molecule has 1 aliphatic rings. The SMILES string of the molecule is Clc1ccc2c(c1)C(c1ccccc1Cl)=NCc1nncn1-2. The monoisotopic (exact) mass is 328 g/mol. The van der Waals surface area contributed by atoms with E-state index in [2.05, 4.69) is 10.2 Å². The Labute approximate surface area is 137 Å². The lowest BCUT2D eigenvalue weighted by Gasteiger charge is -2.12. The summed E-state index contributed by atoms with van der Waals surface area (Å²) in [5.41, 5.74) is 3.56. The Morgan fingerprint density at radius 1 is 1.00 bits per heavy atom. The van der Waals surface area contributed by atoms with Crippen molar-refractivity contribution in [1.29, 1.82) is 0 Å². The molecular formula is C16H10Cl2N4. The van der Waals surface area contributed by atoms with E-state index in [-0.39, 0.29) is 0 Å². The molecule has 4 nitrogen and oxygen atoms in total. The lowest BCUT2D eigenvalue weighted by molar-refractivity contribution is 0.870. The second-order valence-electron chi connectivity index (χ2n) is 4.92. The number of halogens is 2. The third-order valence-corrected chi connectivity index (χ3v) is 4.16. The van der Waals surface area contributed by atoms with Crippen LogP contribution in [0.2, 0.25) is 10.0 Å². The molecule has 0 bridgehead atoms.